The molecule has 0 aliphatic rings. The first kappa shape index (κ1) is 21.6. The minimum atomic E-state index is -1.11. The fourth-order valence-corrected chi connectivity index (χ4v) is 2.68. The Kier molecular flexibility index (Phi) is 6.39. The van der Waals surface area contributed by atoms with Crippen LogP contribution in [0, 0.1) is 5.82 Å². The van der Waals surface area contributed by atoms with E-state index in [1.165, 1.54) is 50.2 Å². The van der Waals surface area contributed by atoms with Crippen LogP contribution in [0.5, 0.6) is 0 Å². The molecule has 1 unspecified atom stereocenters. The molecule has 0 radical (unpaired) electrons. The molecule has 1 atom stereocenters. The normalized spacial score (nSPS) is 11.6. The summed E-state index contributed by atoms with van der Waals surface area (Å²) in [5.41, 5.74) is 1.17. The van der Waals surface area contributed by atoms with Crippen molar-refractivity contribution in [2.45, 2.75) is 26.5 Å². The number of carbonyl (C=O) groups excluding carboxylic acids is 3. The third-order valence-corrected chi connectivity index (χ3v) is 4.14. The van der Waals surface area contributed by atoms with E-state index in [1.54, 1.807) is 12.1 Å². The highest BCUT2D eigenvalue weighted by Crippen LogP contribution is 2.16. The number of hydrogen-bond donors (Lipinski definition) is 1. The zero-order valence-corrected chi connectivity index (χ0v) is 16.6. The number of esters is 1. The highest BCUT2D eigenvalue weighted by Gasteiger charge is 2.21. The largest absolute Gasteiger partial charge is 0.453 e. The molecule has 1 heterocycles. The molecule has 0 spiro atoms. The van der Waals surface area contributed by atoms with Gasteiger partial charge in [-0.2, -0.15) is 4.68 Å². The molecule has 0 aliphatic heterocycles. The lowest BCUT2D eigenvalue weighted by molar-refractivity contribution is -0.147. The van der Waals surface area contributed by atoms with Gasteiger partial charge in [0.05, 0.1) is 0 Å². The summed E-state index contributed by atoms with van der Waals surface area (Å²) < 4.78 is 23.8. The third-order valence-electron chi connectivity index (χ3n) is 4.14. The van der Waals surface area contributed by atoms with Crippen LogP contribution in [-0.4, -0.2) is 33.5 Å². The first-order chi connectivity index (χ1) is 14.7. The predicted molar refractivity (Wildman–Crippen MR) is 107 cm³/mol. The van der Waals surface area contributed by atoms with E-state index in [4.69, 9.17) is 9.15 Å². The van der Waals surface area contributed by atoms with Gasteiger partial charge in [-0.1, -0.05) is 0 Å². The summed E-state index contributed by atoms with van der Waals surface area (Å²) in [6, 6.07) is 11.2. The maximum atomic E-state index is 13.0. The molecule has 0 aliphatic carbocycles. The summed E-state index contributed by atoms with van der Waals surface area (Å²) in [6.07, 6.45) is -1.11. The van der Waals surface area contributed by atoms with Gasteiger partial charge in [-0.15, -0.1) is 5.10 Å². The summed E-state index contributed by atoms with van der Waals surface area (Å²) in [6.45, 7) is 2.20. The smallest absolute Gasteiger partial charge is 0.437 e. The molecular weight excluding hydrogens is 409 g/mol. The quantitative estimate of drug-likeness (QED) is 0.454. The lowest BCUT2D eigenvalue weighted by Crippen LogP contribution is -2.29. The van der Waals surface area contributed by atoms with E-state index < -0.39 is 36.0 Å². The Balaban J connectivity index is 1.62. The van der Waals surface area contributed by atoms with Crippen molar-refractivity contribution in [3.05, 3.63) is 70.5 Å². The number of nitrogens with one attached hydrogen (secondary N) is 1. The molecular formula is C21H18FN3O6. The minimum Gasteiger partial charge on any atom is -0.453 e. The van der Waals surface area contributed by atoms with Crippen molar-refractivity contribution >= 4 is 23.3 Å². The monoisotopic (exact) mass is 427 g/mol. The van der Waals surface area contributed by atoms with Crippen LogP contribution in [0.3, 0.4) is 0 Å². The molecule has 3 rings (SSSR count). The van der Waals surface area contributed by atoms with E-state index in [9.17, 15) is 23.6 Å². The minimum absolute atomic E-state index is 0.0822. The van der Waals surface area contributed by atoms with E-state index in [0.717, 1.165) is 4.68 Å². The molecule has 31 heavy (non-hydrogen) atoms. The Morgan fingerprint density at radius 3 is 2.39 bits per heavy atom. The number of amides is 1. The highest BCUT2D eigenvalue weighted by molar-refractivity contribution is 6.00. The zero-order chi connectivity index (χ0) is 22.5. The lowest BCUT2D eigenvalue weighted by Gasteiger charge is -2.12. The number of hydrogen-bond acceptors (Lipinski definition) is 7. The van der Waals surface area contributed by atoms with E-state index >= 15 is 0 Å². The molecule has 160 valence electrons. The number of ether oxygens (including phenoxy) is 1. The maximum Gasteiger partial charge on any atom is 0.437 e. The first-order valence-electron chi connectivity index (χ1n) is 9.18. The summed E-state index contributed by atoms with van der Waals surface area (Å²) >= 11 is 0. The van der Waals surface area contributed by atoms with Gasteiger partial charge in [0.25, 0.3) is 0 Å². The molecule has 1 N–H and O–H groups in total. The zero-order valence-electron chi connectivity index (χ0n) is 16.6. The third kappa shape index (κ3) is 5.50. The van der Waals surface area contributed by atoms with Crippen molar-refractivity contribution in [2.24, 2.45) is 0 Å². The average molecular weight is 427 g/mol. The van der Waals surface area contributed by atoms with E-state index in [0.29, 0.717) is 11.3 Å². The fourth-order valence-electron chi connectivity index (χ4n) is 2.68. The number of rotatable bonds is 7. The number of nitrogens with zero attached hydrogens (tertiary/aromatic N) is 2. The Bertz CT molecular complexity index is 1170. The van der Waals surface area contributed by atoms with Crippen molar-refractivity contribution < 1.29 is 27.9 Å². The van der Waals surface area contributed by atoms with Crippen LogP contribution < -0.4 is 11.1 Å². The Labute approximate surface area is 175 Å². The average Bonchev–Trinajstić information content (AvgIpc) is 3.08. The van der Waals surface area contributed by atoms with E-state index in [2.05, 4.69) is 10.4 Å². The van der Waals surface area contributed by atoms with Gasteiger partial charge in [-0.05, 0) is 55.5 Å². The SMILES string of the molecule is CC(=O)Nc1ccc(C(=O)C(C)OC(=O)Cn2nc(-c3ccc(F)cc3)oc2=O)cc1. The predicted octanol–water partition coefficient (Wildman–Crippen LogP) is 2.42. The van der Waals surface area contributed by atoms with Crippen LogP contribution in [0.1, 0.15) is 24.2 Å². The van der Waals surface area contributed by atoms with Crippen LogP contribution in [0.15, 0.2) is 57.7 Å². The van der Waals surface area contributed by atoms with Crippen molar-refractivity contribution in [1.82, 2.24) is 9.78 Å². The second-order valence-electron chi connectivity index (χ2n) is 6.59. The van der Waals surface area contributed by atoms with Gasteiger partial charge in [0.2, 0.25) is 17.6 Å². The van der Waals surface area contributed by atoms with Gasteiger partial charge < -0.3 is 14.5 Å². The van der Waals surface area contributed by atoms with Gasteiger partial charge >= 0.3 is 11.7 Å². The Morgan fingerprint density at radius 1 is 1.13 bits per heavy atom. The summed E-state index contributed by atoms with van der Waals surface area (Å²) in [7, 11) is 0. The van der Waals surface area contributed by atoms with Crippen LogP contribution >= 0.6 is 0 Å². The summed E-state index contributed by atoms with van der Waals surface area (Å²) in [5, 5.41) is 6.47. The Morgan fingerprint density at radius 2 is 1.77 bits per heavy atom. The van der Waals surface area contributed by atoms with Crippen molar-refractivity contribution in [1.29, 1.82) is 0 Å². The summed E-state index contributed by atoms with van der Waals surface area (Å²) in [5.74, 6) is -3.01. The van der Waals surface area contributed by atoms with Crippen molar-refractivity contribution in [3.8, 4) is 11.5 Å². The number of benzene rings is 2. The second-order valence-corrected chi connectivity index (χ2v) is 6.59. The molecule has 0 bridgehead atoms. The molecule has 1 aromatic heterocycles. The van der Waals surface area contributed by atoms with Crippen LogP contribution in [0.25, 0.3) is 11.5 Å². The topological polar surface area (TPSA) is 120 Å². The molecule has 9 nitrogen and oxygen atoms in total. The highest BCUT2D eigenvalue weighted by atomic mass is 19.1. The maximum absolute atomic E-state index is 13.0. The first-order valence-corrected chi connectivity index (χ1v) is 9.18. The van der Waals surface area contributed by atoms with Crippen LogP contribution in [0.4, 0.5) is 10.1 Å². The van der Waals surface area contributed by atoms with Crippen molar-refractivity contribution in [3.63, 3.8) is 0 Å². The Hall–Kier alpha value is -4.08. The lowest BCUT2D eigenvalue weighted by atomic mass is 10.1. The number of carbonyl (C=O) groups is 3. The van der Waals surface area contributed by atoms with Crippen molar-refractivity contribution in [2.75, 3.05) is 5.32 Å². The molecule has 0 saturated heterocycles. The van der Waals surface area contributed by atoms with Gasteiger partial charge in [-0.3, -0.25) is 14.4 Å². The molecule has 10 heteroatoms. The van der Waals surface area contributed by atoms with Crippen LogP contribution in [0.2, 0.25) is 0 Å². The molecule has 0 saturated carbocycles. The summed E-state index contributed by atoms with van der Waals surface area (Å²) in [4.78, 5) is 47.6. The number of ketones is 1. The van der Waals surface area contributed by atoms with E-state index in [1.807, 2.05) is 0 Å². The number of Topliss-reactive ketones (excluding diaryl/α,β-unsaturated/α-hetero) is 1. The number of halogens is 1. The molecule has 2 aromatic carbocycles. The molecule has 1 amide bonds. The standard InChI is InChI=1S/C21H18FN3O6/c1-12(19(28)14-5-9-17(10-6-14)23-13(2)26)30-18(27)11-25-21(29)31-20(24-25)15-3-7-16(22)8-4-15/h3-10,12H,11H2,1-2H3,(H,23,26). The van der Waals surface area contributed by atoms with E-state index in [-0.39, 0.29) is 17.4 Å². The van der Waals surface area contributed by atoms with Gasteiger partial charge in [-0.25, -0.2) is 9.18 Å². The van der Waals surface area contributed by atoms with Gasteiger partial charge in [0.15, 0.2) is 6.10 Å². The number of anilines is 1. The number of aromatic nitrogens is 2. The molecule has 3 aromatic rings. The van der Waals surface area contributed by atoms with Crippen LogP contribution in [-0.2, 0) is 20.9 Å². The van der Waals surface area contributed by atoms with Gasteiger partial charge in [0.1, 0.15) is 12.4 Å². The fraction of sp³-hybridized carbons (Fsp3) is 0.190. The van der Waals surface area contributed by atoms with Gasteiger partial charge in [0, 0.05) is 23.7 Å². The second kappa shape index (κ2) is 9.16. The molecule has 0 fully saturated rings.